The molecule has 0 aromatic carbocycles. The van der Waals surface area contributed by atoms with Crippen molar-refractivity contribution < 1.29 is 13.2 Å². The van der Waals surface area contributed by atoms with Crippen molar-refractivity contribution in [3.05, 3.63) is 23.9 Å². The molecule has 1 fully saturated rings. The molecule has 2 heterocycles. The van der Waals surface area contributed by atoms with Crippen molar-refractivity contribution in [3.63, 3.8) is 0 Å². The first-order chi connectivity index (χ1) is 9.43. The van der Waals surface area contributed by atoms with Crippen LogP contribution in [0.3, 0.4) is 0 Å². The van der Waals surface area contributed by atoms with Gasteiger partial charge in [-0.15, -0.1) is 0 Å². The van der Waals surface area contributed by atoms with Crippen molar-refractivity contribution in [2.75, 3.05) is 25.0 Å². The summed E-state index contributed by atoms with van der Waals surface area (Å²) in [6.45, 7) is 3.36. The Bertz CT molecular complexity index is 440. The first kappa shape index (κ1) is 15.1. The Morgan fingerprint density at radius 1 is 1.35 bits per heavy atom. The van der Waals surface area contributed by atoms with Crippen molar-refractivity contribution in [3.8, 4) is 0 Å². The van der Waals surface area contributed by atoms with Gasteiger partial charge in [0.25, 0.3) is 0 Å². The molecule has 112 valence electrons. The number of nitrogens with zero attached hydrogens (tertiary/aromatic N) is 2. The molecule has 1 N–H and O–H groups in total. The Labute approximate surface area is 117 Å². The lowest BCUT2D eigenvalue weighted by Crippen LogP contribution is -2.41. The number of nitrogens with one attached hydrogen (secondary N) is 1. The fourth-order valence-corrected chi connectivity index (χ4v) is 2.72. The van der Waals surface area contributed by atoms with Gasteiger partial charge in [-0.25, -0.2) is 4.98 Å². The van der Waals surface area contributed by atoms with Gasteiger partial charge in [0.05, 0.1) is 5.56 Å². The van der Waals surface area contributed by atoms with E-state index in [1.54, 1.807) is 4.90 Å². The Balaban J connectivity index is 2.12. The maximum Gasteiger partial charge on any atom is 0.419 e. The van der Waals surface area contributed by atoms with E-state index in [0.717, 1.165) is 18.9 Å². The predicted octanol–water partition coefficient (Wildman–Crippen LogP) is 2.92. The van der Waals surface area contributed by atoms with E-state index in [1.165, 1.54) is 12.3 Å². The van der Waals surface area contributed by atoms with E-state index in [2.05, 4.69) is 17.2 Å². The molecule has 0 amide bonds. The fourth-order valence-electron chi connectivity index (χ4n) is 2.72. The van der Waals surface area contributed by atoms with E-state index in [1.807, 2.05) is 7.05 Å². The van der Waals surface area contributed by atoms with Gasteiger partial charge >= 0.3 is 6.18 Å². The molecule has 1 saturated heterocycles. The van der Waals surface area contributed by atoms with E-state index >= 15 is 0 Å². The molecule has 2 rings (SSSR count). The smallest absolute Gasteiger partial charge is 0.356 e. The van der Waals surface area contributed by atoms with Crippen LogP contribution in [-0.4, -0.2) is 31.2 Å². The number of hydrogen-bond acceptors (Lipinski definition) is 3. The maximum absolute atomic E-state index is 13.0. The molecule has 1 aliphatic heterocycles. The average molecular weight is 287 g/mol. The van der Waals surface area contributed by atoms with Crippen LogP contribution >= 0.6 is 0 Å². The Hall–Kier alpha value is -1.30. The first-order valence-corrected chi connectivity index (χ1v) is 6.88. The van der Waals surface area contributed by atoms with Crippen LogP contribution in [0.25, 0.3) is 0 Å². The molecule has 1 aliphatic rings. The number of aromatic nitrogens is 1. The average Bonchev–Trinajstić information content (AvgIpc) is 2.46. The largest absolute Gasteiger partial charge is 0.419 e. The molecule has 6 heteroatoms. The van der Waals surface area contributed by atoms with Crippen LogP contribution in [0.2, 0.25) is 0 Å². The summed E-state index contributed by atoms with van der Waals surface area (Å²) in [6.07, 6.45) is -1.16. The molecule has 0 radical (unpaired) electrons. The Morgan fingerprint density at radius 3 is 2.55 bits per heavy atom. The van der Waals surface area contributed by atoms with Gasteiger partial charge in [-0.2, -0.15) is 13.2 Å². The Morgan fingerprint density at radius 2 is 2.00 bits per heavy atom. The summed E-state index contributed by atoms with van der Waals surface area (Å²) in [7, 11) is 1.91. The number of anilines is 1. The summed E-state index contributed by atoms with van der Waals surface area (Å²) in [6, 6.07) is 2.83. The lowest BCUT2D eigenvalue weighted by molar-refractivity contribution is -0.137. The van der Waals surface area contributed by atoms with E-state index in [0.29, 0.717) is 25.0 Å². The van der Waals surface area contributed by atoms with Gasteiger partial charge in [0.15, 0.2) is 0 Å². The molecule has 20 heavy (non-hydrogen) atoms. The quantitative estimate of drug-likeness (QED) is 0.926. The molecule has 1 aromatic rings. The van der Waals surface area contributed by atoms with Crippen molar-refractivity contribution in [2.45, 2.75) is 32.0 Å². The van der Waals surface area contributed by atoms with Crippen LogP contribution in [0, 0.1) is 5.92 Å². The standard InChI is InChI=1S/C14H20F3N3/c1-10(18-2)11-5-8-20(9-6-11)13-12(14(15,16)17)4-3-7-19-13/h3-4,7,10-11,18H,5-6,8-9H2,1-2H3. The highest BCUT2D eigenvalue weighted by atomic mass is 19.4. The number of halogens is 3. The zero-order chi connectivity index (χ0) is 14.8. The van der Waals surface area contributed by atoms with Crippen LogP contribution < -0.4 is 10.2 Å². The van der Waals surface area contributed by atoms with Crippen LogP contribution in [-0.2, 0) is 6.18 Å². The lowest BCUT2D eigenvalue weighted by Gasteiger charge is -2.36. The summed E-state index contributed by atoms with van der Waals surface area (Å²) in [5, 5.41) is 3.21. The Kier molecular flexibility index (Phi) is 4.52. The van der Waals surface area contributed by atoms with E-state index < -0.39 is 11.7 Å². The molecule has 1 atom stereocenters. The highest BCUT2D eigenvalue weighted by Crippen LogP contribution is 2.36. The second-order valence-corrected chi connectivity index (χ2v) is 5.27. The van der Waals surface area contributed by atoms with Crippen molar-refractivity contribution >= 4 is 5.82 Å². The van der Waals surface area contributed by atoms with Gasteiger partial charge in [0.1, 0.15) is 5.82 Å². The first-order valence-electron chi connectivity index (χ1n) is 6.88. The van der Waals surface area contributed by atoms with Crippen molar-refractivity contribution in [1.29, 1.82) is 0 Å². The monoisotopic (exact) mass is 287 g/mol. The maximum atomic E-state index is 13.0. The predicted molar refractivity (Wildman–Crippen MR) is 72.7 cm³/mol. The molecule has 1 unspecified atom stereocenters. The normalized spacial score (nSPS) is 19.1. The second kappa shape index (κ2) is 5.99. The van der Waals surface area contributed by atoms with Gasteiger partial charge < -0.3 is 10.2 Å². The number of rotatable bonds is 3. The zero-order valence-corrected chi connectivity index (χ0v) is 11.7. The molecule has 0 aliphatic carbocycles. The molecular formula is C14H20F3N3. The number of piperidine rings is 1. The third-order valence-corrected chi connectivity index (χ3v) is 4.09. The second-order valence-electron chi connectivity index (χ2n) is 5.27. The van der Waals surface area contributed by atoms with Crippen LogP contribution in [0.5, 0.6) is 0 Å². The fraction of sp³-hybridized carbons (Fsp3) is 0.643. The molecule has 0 bridgehead atoms. The van der Waals surface area contributed by atoms with Crippen LogP contribution in [0.15, 0.2) is 18.3 Å². The van der Waals surface area contributed by atoms with E-state index in [4.69, 9.17) is 0 Å². The molecule has 1 aromatic heterocycles. The number of hydrogen-bond donors (Lipinski definition) is 1. The molecule has 0 saturated carbocycles. The third-order valence-electron chi connectivity index (χ3n) is 4.09. The van der Waals surface area contributed by atoms with Gasteiger partial charge in [-0.1, -0.05) is 0 Å². The van der Waals surface area contributed by atoms with Gasteiger partial charge in [-0.05, 0) is 44.9 Å². The zero-order valence-electron chi connectivity index (χ0n) is 11.7. The minimum atomic E-state index is -4.35. The highest BCUT2D eigenvalue weighted by Gasteiger charge is 2.36. The van der Waals surface area contributed by atoms with Crippen molar-refractivity contribution in [2.24, 2.45) is 5.92 Å². The summed E-state index contributed by atoms with van der Waals surface area (Å²) < 4.78 is 39.0. The van der Waals surface area contributed by atoms with Gasteiger partial charge in [0.2, 0.25) is 0 Å². The minimum Gasteiger partial charge on any atom is -0.356 e. The summed E-state index contributed by atoms with van der Waals surface area (Å²) in [5.74, 6) is 0.574. The molecule has 3 nitrogen and oxygen atoms in total. The molecular weight excluding hydrogens is 267 g/mol. The number of alkyl halides is 3. The van der Waals surface area contributed by atoms with E-state index in [9.17, 15) is 13.2 Å². The van der Waals surface area contributed by atoms with Gasteiger partial charge in [0, 0.05) is 25.3 Å². The SMILES string of the molecule is CNC(C)C1CCN(c2ncccc2C(F)(F)F)CC1. The molecule has 0 spiro atoms. The summed E-state index contributed by atoms with van der Waals surface area (Å²) >= 11 is 0. The third kappa shape index (κ3) is 3.23. The van der Waals surface area contributed by atoms with Crippen LogP contribution in [0.1, 0.15) is 25.3 Å². The van der Waals surface area contributed by atoms with E-state index in [-0.39, 0.29) is 5.82 Å². The minimum absolute atomic E-state index is 0.0653. The summed E-state index contributed by atoms with van der Waals surface area (Å²) in [4.78, 5) is 5.70. The summed E-state index contributed by atoms with van der Waals surface area (Å²) in [5.41, 5.74) is -0.639. The lowest BCUT2D eigenvalue weighted by atomic mass is 9.90. The highest BCUT2D eigenvalue weighted by molar-refractivity contribution is 5.48. The number of pyridine rings is 1. The van der Waals surface area contributed by atoms with Crippen LogP contribution in [0.4, 0.5) is 19.0 Å². The topological polar surface area (TPSA) is 28.2 Å². The van der Waals surface area contributed by atoms with Gasteiger partial charge in [-0.3, -0.25) is 0 Å². The van der Waals surface area contributed by atoms with Crippen molar-refractivity contribution in [1.82, 2.24) is 10.3 Å².